The monoisotopic (exact) mass is 508 g/mol. The van der Waals surface area contributed by atoms with Crippen molar-refractivity contribution in [2.75, 3.05) is 26.2 Å². The van der Waals surface area contributed by atoms with Gasteiger partial charge in [-0.3, -0.25) is 14.5 Å². The van der Waals surface area contributed by atoms with E-state index in [2.05, 4.69) is 4.98 Å². The van der Waals surface area contributed by atoms with E-state index in [1.807, 2.05) is 0 Å². The molecule has 0 spiro atoms. The molecule has 2 heterocycles. The molecule has 0 radical (unpaired) electrons. The fourth-order valence-electron chi connectivity index (χ4n) is 4.11. The number of rotatable bonds is 6. The van der Waals surface area contributed by atoms with Crippen molar-refractivity contribution in [3.05, 3.63) is 75.3 Å². The highest BCUT2D eigenvalue weighted by Gasteiger charge is 2.48. The zero-order chi connectivity index (χ0) is 26.1. The van der Waals surface area contributed by atoms with Crippen LogP contribution in [0.25, 0.3) is 5.76 Å². The van der Waals surface area contributed by atoms with E-state index in [1.165, 1.54) is 26.2 Å². The third-order valence-electron chi connectivity index (χ3n) is 5.88. The van der Waals surface area contributed by atoms with Crippen molar-refractivity contribution in [1.29, 1.82) is 0 Å². The van der Waals surface area contributed by atoms with Gasteiger partial charge in [0.2, 0.25) is 0 Å². The van der Waals surface area contributed by atoms with Crippen LogP contribution in [0.2, 0.25) is 0 Å². The first-order chi connectivity index (χ1) is 17.2. The molecule has 0 unspecified atom stereocenters. The molecule has 0 saturated carbocycles. The van der Waals surface area contributed by atoms with Crippen LogP contribution in [0, 0.1) is 13.8 Å². The van der Waals surface area contributed by atoms with E-state index in [-0.39, 0.29) is 21.3 Å². The van der Waals surface area contributed by atoms with Crippen LogP contribution in [0.3, 0.4) is 0 Å². The summed E-state index contributed by atoms with van der Waals surface area (Å²) in [5.41, 5.74) is 1.87. The van der Waals surface area contributed by atoms with Crippen LogP contribution in [-0.2, 0) is 14.3 Å². The molecule has 1 fully saturated rings. The SMILES string of the molecule is COC(=O)c1sc(N2C(=O)C(=O)/C(=C(/O)c3ccc(OC)c(C)c3)[C@H]2c2cccc(OC)c2)nc1C. The van der Waals surface area contributed by atoms with Crippen LogP contribution >= 0.6 is 11.3 Å². The number of aliphatic hydroxyl groups is 1. The second-order valence-electron chi connectivity index (χ2n) is 8.03. The Balaban J connectivity index is 1.95. The predicted octanol–water partition coefficient (Wildman–Crippen LogP) is 4.19. The summed E-state index contributed by atoms with van der Waals surface area (Å²) >= 11 is 0.936. The molecule has 0 bridgehead atoms. The maximum atomic E-state index is 13.4. The number of anilines is 1. The lowest BCUT2D eigenvalue weighted by atomic mass is 9.94. The quantitative estimate of drug-likeness (QED) is 0.228. The number of ketones is 1. The Labute approximate surface area is 211 Å². The molecule has 3 aromatic rings. The summed E-state index contributed by atoms with van der Waals surface area (Å²) in [6, 6.07) is 10.8. The van der Waals surface area contributed by atoms with E-state index in [1.54, 1.807) is 56.3 Å². The van der Waals surface area contributed by atoms with Crippen LogP contribution in [0.15, 0.2) is 48.0 Å². The largest absolute Gasteiger partial charge is 0.507 e. The van der Waals surface area contributed by atoms with E-state index < -0.39 is 23.7 Å². The van der Waals surface area contributed by atoms with Gasteiger partial charge in [0.15, 0.2) is 5.13 Å². The Morgan fingerprint density at radius 1 is 1.06 bits per heavy atom. The molecular formula is C26H24N2O7S. The van der Waals surface area contributed by atoms with Gasteiger partial charge in [-0.25, -0.2) is 9.78 Å². The van der Waals surface area contributed by atoms with E-state index in [0.717, 1.165) is 16.9 Å². The van der Waals surface area contributed by atoms with Crippen molar-refractivity contribution in [3.8, 4) is 11.5 Å². The number of Topliss-reactive ketones (excluding diaryl/α,β-unsaturated/α-hetero) is 1. The van der Waals surface area contributed by atoms with Crippen LogP contribution in [0.5, 0.6) is 11.5 Å². The molecule has 2 aromatic carbocycles. The first kappa shape index (κ1) is 24.9. The average Bonchev–Trinajstić information content (AvgIpc) is 3.39. The minimum atomic E-state index is -1.02. The van der Waals surface area contributed by atoms with Crippen LogP contribution in [-0.4, -0.2) is 49.1 Å². The minimum Gasteiger partial charge on any atom is -0.507 e. The second kappa shape index (κ2) is 9.82. The van der Waals surface area contributed by atoms with E-state index in [0.29, 0.717) is 28.3 Å². The molecule has 1 aromatic heterocycles. The molecule has 36 heavy (non-hydrogen) atoms. The van der Waals surface area contributed by atoms with Gasteiger partial charge in [0.25, 0.3) is 5.78 Å². The molecule has 1 N–H and O–H groups in total. The highest BCUT2D eigenvalue weighted by molar-refractivity contribution is 7.17. The Kier molecular flexibility index (Phi) is 6.80. The fraction of sp³-hybridized carbons (Fsp3) is 0.231. The predicted molar refractivity (Wildman–Crippen MR) is 134 cm³/mol. The Hall–Kier alpha value is -4.18. The summed E-state index contributed by atoms with van der Waals surface area (Å²) in [6.07, 6.45) is 0. The van der Waals surface area contributed by atoms with Gasteiger partial charge < -0.3 is 19.3 Å². The Morgan fingerprint density at radius 3 is 2.44 bits per heavy atom. The number of methoxy groups -OCH3 is 3. The molecule has 1 aliphatic rings. The van der Waals surface area contributed by atoms with Gasteiger partial charge in [0.1, 0.15) is 22.1 Å². The lowest BCUT2D eigenvalue weighted by Gasteiger charge is -2.23. The molecule has 9 nitrogen and oxygen atoms in total. The van der Waals surface area contributed by atoms with Gasteiger partial charge in [-0.2, -0.15) is 0 Å². The van der Waals surface area contributed by atoms with Crippen molar-refractivity contribution in [2.24, 2.45) is 0 Å². The summed E-state index contributed by atoms with van der Waals surface area (Å²) in [5.74, 6) is -1.56. The Morgan fingerprint density at radius 2 is 1.81 bits per heavy atom. The number of thiazole rings is 1. The number of carbonyl (C=O) groups is 3. The molecule has 10 heteroatoms. The topological polar surface area (TPSA) is 115 Å². The highest BCUT2D eigenvalue weighted by Crippen LogP contribution is 2.44. The zero-order valence-electron chi connectivity index (χ0n) is 20.3. The number of hydrogen-bond acceptors (Lipinski definition) is 9. The molecule has 0 aliphatic carbocycles. The number of benzene rings is 2. The smallest absolute Gasteiger partial charge is 0.350 e. The summed E-state index contributed by atoms with van der Waals surface area (Å²) in [4.78, 5) is 44.7. The zero-order valence-corrected chi connectivity index (χ0v) is 21.1. The maximum absolute atomic E-state index is 13.4. The van der Waals surface area contributed by atoms with E-state index in [4.69, 9.17) is 14.2 Å². The van der Waals surface area contributed by atoms with Crippen molar-refractivity contribution in [3.63, 3.8) is 0 Å². The Bertz CT molecular complexity index is 1410. The first-order valence-electron chi connectivity index (χ1n) is 10.9. The maximum Gasteiger partial charge on any atom is 0.350 e. The molecule has 4 rings (SSSR count). The third kappa shape index (κ3) is 4.20. The summed E-state index contributed by atoms with van der Waals surface area (Å²) in [7, 11) is 4.29. The van der Waals surface area contributed by atoms with Crippen molar-refractivity contribution < 1.29 is 33.7 Å². The molecule has 186 valence electrons. The average molecular weight is 509 g/mol. The second-order valence-corrected chi connectivity index (χ2v) is 9.01. The number of esters is 1. The molecule has 1 aliphatic heterocycles. The van der Waals surface area contributed by atoms with Crippen molar-refractivity contribution >= 4 is 39.9 Å². The van der Waals surface area contributed by atoms with Gasteiger partial charge in [0.05, 0.1) is 38.6 Å². The van der Waals surface area contributed by atoms with Crippen LogP contribution in [0.1, 0.15) is 38.1 Å². The summed E-state index contributed by atoms with van der Waals surface area (Å²) in [5, 5.41) is 11.5. The van der Waals surface area contributed by atoms with Gasteiger partial charge in [-0.1, -0.05) is 23.5 Å². The number of aryl methyl sites for hydroxylation is 2. The van der Waals surface area contributed by atoms with Gasteiger partial charge in [-0.15, -0.1) is 0 Å². The summed E-state index contributed by atoms with van der Waals surface area (Å²) in [6.45, 7) is 3.42. The number of ether oxygens (including phenoxy) is 3. The standard InChI is InChI=1S/C26H24N2O7S/c1-13-11-16(9-10-18(13)34-4)21(29)19-20(15-7-6-8-17(12-15)33-3)28(24(31)22(19)30)26-27-14(2)23(36-26)25(32)35-5/h6-12,20,29H,1-5H3/b21-19+/t20-/m1/s1. The number of aliphatic hydroxyl groups excluding tert-OH is 1. The van der Waals surface area contributed by atoms with Crippen LogP contribution < -0.4 is 14.4 Å². The van der Waals surface area contributed by atoms with E-state index in [9.17, 15) is 19.5 Å². The van der Waals surface area contributed by atoms with Crippen molar-refractivity contribution in [2.45, 2.75) is 19.9 Å². The highest BCUT2D eigenvalue weighted by atomic mass is 32.1. The molecule has 1 saturated heterocycles. The van der Waals surface area contributed by atoms with Gasteiger partial charge in [-0.05, 0) is 55.3 Å². The number of nitrogens with zero attached hydrogens (tertiary/aromatic N) is 2. The van der Waals surface area contributed by atoms with Gasteiger partial charge in [0, 0.05) is 5.56 Å². The summed E-state index contributed by atoms with van der Waals surface area (Å²) < 4.78 is 15.5. The number of carbonyl (C=O) groups excluding carboxylic acids is 3. The van der Waals surface area contributed by atoms with Crippen molar-refractivity contribution in [1.82, 2.24) is 4.98 Å². The fourth-order valence-corrected chi connectivity index (χ4v) is 5.12. The normalized spacial score (nSPS) is 16.8. The molecule has 1 atom stereocenters. The third-order valence-corrected chi connectivity index (χ3v) is 7.02. The molecular weight excluding hydrogens is 484 g/mol. The number of hydrogen-bond donors (Lipinski definition) is 1. The lowest BCUT2D eigenvalue weighted by molar-refractivity contribution is -0.132. The van der Waals surface area contributed by atoms with Crippen LogP contribution in [0.4, 0.5) is 5.13 Å². The van der Waals surface area contributed by atoms with Gasteiger partial charge >= 0.3 is 11.9 Å². The first-order valence-corrected chi connectivity index (χ1v) is 11.7. The lowest BCUT2D eigenvalue weighted by Crippen LogP contribution is -2.29. The number of aromatic nitrogens is 1. The van der Waals surface area contributed by atoms with E-state index >= 15 is 0 Å². The minimum absolute atomic E-state index is 0.106. The number of amides is 1. The molecule has 1 amide bonds.